The quantitative estimate of drug-likeness (QED) is 0.323. The van der Waals surface area contributed by atoms with Crippen molar-refractivity contribution in [3.8, 4) is 0 Å². The van der Waals surface area contributed by atoms with Crippen LogP contribution in [-0.4, -0.2) is 47.1 Å². The first kappa shape index (κ1) is 25.6. The molecule has 1 aromatic rings. The van der Waals surface area contributed by atoms with Crippen LogP contribution in [0.25, 0.3) is 5.57 Å². The Morgan fingerprint density at radius 1 is 1.36 bits per heavy atom. The molecule has 0 atom stereocenters. The molecular formula is C26H34N6O. The maximum atomic E-state index is 12.4. The van der Waals surface area contributed by atoms with Gasteiger partial charge in [0.25, 0.3) is 5.91 Å². The van der Waals surface area contributed by atoms with Gasteiger partial charge in [-0.05, 0) is 57.5 Å². The van der Waals surface area contributed by atoms with Gasteiger partial charge < -0.3 is 10.2 Å². The van der Waals surface area contributed by atoms with E-state index in [0.717, 1.165) is 35.5 Å². The van der Waals surface area contributed by atoms with Gasteiger partial charge in [0, 0.05) is 36.1 Å². The fourth-order valence-electron chi connectivity index (χ4n) is 3.11. The van der Waals surface area contributed by atoms with Gasteiger partial charge in [0.15, 0.2) is 0 Å². The molecule has 2 heterocycles. The van der Waals surface area contributed by atoms with E-state index in [2.05, 4.69) is 62.8 Å². The Bertz CT molecular complexity index is 982. The highest BCUT2D eigenvalue weighted by molar-refractivity contribution is 5.94. The number of nitrogens with one attached hydrogen (secondary N) is 1. The average Bonchev–Trinajstić information content (AvgIpc) is 3.69. The maximum absolute atomic E-state index is 12.4. The van der Waals surface area contributed by atoms with Crippen molar-refractivity contribution in [3.05, 3.63) is 72.4 Å². The summed E-state index contributed by atoms with van der Waals surface area (Å²) >= 11 is 0. The molecule has 1 saturated carbocycles. The largest absolute Gasteiger partial charge is 0.352 e. The third-order valence-electron chi connectivity index (χ3n) is 5.07. The Hall–Kier alpha value is -3.61. The number of pyridine rings is 1. The average molecular weight is 447 g/mol. The summed E-state index contributed by atoms with van der Waals surface area (Å²) in [5, 5.41) is 11.0. The predicted molar refractivity (Wildman–Crippen MR) is 139 cm³/mol. The molecule has 0 unspecified atom stereocenters. The summed E-state index contributed by atoms with van der Waals surface area (Å²) in [5.74, 6) is -0.283. The number of nitrogens with zero attached hydrogens (tertiary/aromatic N) is 5. The first-order chi connectivity index (χ1) is 16.0. The van der Waals surface area contributed by atoms with Crippen molar-refractivity contribution in [2.75, 3.05) is 6.54 Å². The molecule has 0 spiro atoms. The van der Waals surface area contributed by atoms with Gasteiger partial charge in [-0.2, -0.15) is 5.10 Å². The van der Waals surface area contributed by atoms with E-state index in [-0.39, 0.29) is 5.91 Å². The number of carbonyl (C=O) groups is 1. The number of aromatic nitrogens is 1. The van der Waals surface area contributed by atoms with Crippen molar-refractivity contribution < 1.29 is 4.79 Å². The van der Waals surface area contributed by atoms with Crippen LogP contribution in [0.4, 0.5) is 0 Å². The van der Waals surface area contributed by atoms with Gasteiger partial charge in [-0.25, -0.2) is 0 Å². The molecule has 7 nitrogen and oxygen atoms in total. The second-order valence-electron chi connectivity index (χ2n) is 7.65. The number of carbonyl (C=O) groups excluding carboxylic acids is 1. The zero-order valence-corrected chi connectivity index (χ0v) is 19.9. The molecule has 3 rings (SSSR count). The monoisotopic (exact) mass is 446 g/mol. The number of hydrogen-bond donors (Lipinski definition) is 1. The van der Waals surface area contributed by atoms with Crippen LogP contribution in [0.15, 0.2) is 76.3 Å². The number of allylic oxidation sites excluding steroid dienone is 6. The summed E-state index contributed by atoms with van der Waals surface area (Å²) in [4.78, 5) is 22.7. The normalized spacial score (nSPS) is 16.1. The Labute approximate surface area is 197 Å². The first-order valence-electron chi connectivity index (χ1n) is 11.2. The third kappa shape index (κ3) is 8.44. The Morgan fingerprint density at radius 3 is 2.76 bits per heavy atom. The SMILES string of the molecule is C/C=C\CC.C=C/C(=C(/C)N=C)c1ccnc(C(=O)N/C=C/CC2=NN=CN(C3CC3)C2)c1. The van der Waals surface area contributed by atoms with Gasteiger partial charge in [0.1, 0.15) is 12.0 Å². The van der Waals surface area contributed by atoms with Crippen LogP contribution in [0.3, 0.4) is 0 Å². The predicted octanol–water partition coefficient (Wildman–Crippen LogP) is 5.17. The van der Waals surface area contributed by atoms with Crippen LogP contribution < -0.4 is 5.32 Å². The fourth-order valence-corrected chi connectivity index (χ4v) is 3.11. The highest BCUT2D eigenvalue weighted by atomic mass is 16.1. The van der Waals surface area contributed by atoms with Crippen molar-refractivity contribution in [3.63, 3.8) is 0 Å². The van der Waals surface area contributed by atoms with Crippen molar-refractivity contribution >= 4 is 30.2 Å². The second kappa shape index (κ2) is 13.7. The van der Waals surface area contributed by atoms with Gasteiger partial charge in [-0.1, -0.05) is 37.8 Å². The van der Waals surface area contributed by atoms with E-state index in [1.165, 1.54) is 12.8 Å². The lowest BCUT2D eigenvalue weighted by atomic mass is 10.0. The van der Waals surface area contributed by atoms with Gasteiger partial charge >= 0.3 is 0 Å². The minimum atomic E-state index is -0.283. The van der Waals surface area contributed by atoms with E-state index in [1.54, 1.807) is 30.9 Å². The summed E-state index contributed by atoms with van der Waals surface area (Å²) in [6.45, 7) is 14.1. The zero-order chi connectivity index (χ0) is 24.1. The summed E-state index contributed by atoms with van der Waals surface area (Å²) in [5.41, 5.74) is 3.67. The van der Waals surface area contributed by atoms with Crippen molar-refractivity contribution in [2.24, 2.45) is 15.2 Å². The summed E-state index contributed by atoms with van der Waals surface area (Å²) in [6, 6.07) is 4.14. The molecule has 0 bridgehead atoms. The topological polar surface area (TPSA) is 82.3 Å². The molecule has 33 heavy (non-hydrogen) atoms. The van der Waals surface area contributed by atoms with E-state index in [1.807, 2.05) is 26.0 Å². The molecule has 1 fully saturated rings. The van der Waals surface area contributed by atoms with Gasteiger partial charge in [-0.15, -0.1) is 5.10 Å². The lowest BCUT2D eigenvalue weighted by molar-refractivity contribution is 0.0965. The second-order valence-corrected chi connectivity index (χ2v) is 7.65. The number of hydrogen-bond acceptors (Lipinski definition) is 6. The first-order valence-corrected chi connectivity index (χ1v) is 11.2. The number of aliphatic imine (C=N–C) groups is 1. The molecule has 1 N–H and O–H groups in total. The molecule has 0 radical (unpaired) electrons. The molecular weight excluding hydrogens is 412 g/mol. The van der Waals surface area contributed by atoms with Crippen LogP contribution in [0.1, 0.15) is 62.5 Å². The molecule has 1 aromatic heterocycles. The molecule has 1 aliphatic carbocycles. The highest BCUT2D eigenvalue weighted by Gasteiger charge is 2.28. The summed E-state index contributed by atoms with van der Waals surface area (Å²) < 4.78 is 0. The summed E-state index contributed by atoms with van der Waals surface area (Å²) in [6.07, 6.45) is 17.0. The maximum Gasteiger partial charge on any atom is 0.273 e. The van der Waals surface area contributed by atoms with E-state index in [0.29, 0.717) is 18.2 Å². The van der Waals surface area contributed by atoms with Gasteiger partial charge in [-0.3, -0.25) is 14.8 Å². The zero-order valence-electron chi connectivity index (χ0n) is 19.9. The third-order valence-corrected chi connectivity index (χ3v) is 5.07. The smallest absolute Gasteiger partial charge is 0.273 e. The van der Waals surface area contributed by atoms with Crippen LogP contribution in [0, 0.1) is 0 Å². The van der Waals surface area contributed by atoms with E-state index >= 15 is 0 Å². The van der Waals surface area contributed by atoms with Gasteiger partial charge in [0.05, 0.1) is 12.3 Å². The van der Waals surface area contributed by atoms with Gasteiger partial charge in [0.2, 0.25) is 0 Å². The van der Waals surface area contributed by atoms with Crippen molar-refractivity contribution in [2.45, 2.75) is 52.5 Å². The molecule has 0 saturated heterocycles. The van der Waals surface area contributed by atoms with Crippen LogP contribution in [0.2, 0.25) is 0 Å². The molecule has 7 heteroatoms. The fraction of sp³-hybridized carbons (Fsp3) is 0.346. The van der Waals surface area contributed by atoms with Crippen LogP contribution in [0.5, 0.6) is 0 Å². The Morgan fingerprint density at radius 2 is 2.15 bits per heavy atom. The van der Waals surface area contributed by atoms with Crippen molar-refractivity contribution in [1.29, 1.82) is 0 Å². The molecule has 1 amide bonds. The number of amides is 1. The van der Waals surface area contributed by atoms with E-state index in [4.69, 9.17) is 0 Å². The molecule has 0 aromatic carbocycles. The van der Waals surface area contributed by atoms with E-state index in [9.17, 15) is 4.79 Å². The highest BCUT2D eigenvalue weighted by Crippen LogP contribution is 2.26. The molecule has 2 aliphatic rings. The number of rotatable bonds is 9. The van der Waals surface area contributed by atoms with Crippen LogP contribution in [-0.2, 0) is 0 Å². The lowest BCUT2D eigenvalue weighted by Gasteiger charge is -2.21. The van der Waals surface area contributed by atoms with E-state index < -0.39 is 0 Å². The molecule has 1 aliphatic heterocycles. The standard InChI is InChI=1S/C21H24N6O.C5H10/c1-4-19(15(2)22-3)16-9-11-23-20(12-16)21(28)24-10-5-6-17-13-27(14-25-26-17)18-7-8-18;1-3-5-4-2/h4-5,9-12,14,18H,1,3,6-8,13H2,2H3,(H,24,28);3,5H,4H2,1-2H3/b10-5+,19-15+;5-3-. The lowest BCUT2D eigenvalue weighted by Crippen LogP contribution is -2.32. The Balaban J connectivity index is 0.000000696. The van der Waals surface area contributed by atoms with Crippen LogP contribution >= 0.6 is 0 Å². The minimum Gasteiger partial charge on any atom is -0.352 e. The molecule has 174 valence electrons. The minimum absolute atomic E-state index is 0.283. The Kier molecular flexibility index (Phi) is 10.7. The summed E-state index contributed by atoms with van der Waals surface area (Å²) in [7, 11) is 0. The van der Waals surface area contributed by atoms with Crippen molar-refractivity contribution in [1.82, 2.24) is 15.2 Å².